The predicted octanol–water partition coefficient (Wildman–Crippen LogP) is 2.13. The molecule has 0 unspecified atom stereocenters. The molecule has 0 aliphatic heterocycles. The molecule has 0 aromatic heterocycles. The van der Waals surface area contributed by atoms with Gasteiger partial charge in [0.25, 0.3) is 0 Å². The molecule has 1 aromatic carbocycles. The summed E-state index contributed by atoms with van der Waals surface area (Å²) in [7, 11) is -3.00. The number of hydrogen-bond donors (Lipinski definition) is 1. The second-order valence-corrected chi connectivity index (χ2v) is 6.39. The molecule has 6 heteroatoms. The van der Waals surface area contributed by atoms with Crippen molar-refractivity contribution in [3.8, 4) is 5.75 Å². The van der Waals surface area contributed by atoms with Crippen LogP contribution in [-0.2, 0) is 9.84 Å². The summed E-state index contributed by atoms with van der Waals surface area (Å²) in [6.45, 7) is 1.96. The first kappa shape index (κ1) is 14.1. The highest BCUT2D eigenvalue weighted by molar-refractivity contribution is 7.91. The van der Waals surface area contributed by atoms with Crippen LogP contribution in [0.15, 0.2) is 18.2 Å². The highest BCUT2D eigenvalue weighted by Crippen LogP contribution is 2.23. The third-order valence-electron chi connectivity index (χ3n) is 2.15. The number of halogens is 1. The average molecular weight is 278 g/mol. The smallest absolute Gasteiger partial charge is 0.153 e. The van der Waals surface area contributed by atoms with Gasteiger partial charge in [-0.3, -0.25) is 0 Å². The lowest BCUT2D eigenvalue weighted by Gasteiger charge is -2.07. The van der Waals surface area contributed by atoms with Gasteiger partial charge in [0.1, 0.15) is 12.4 Å². The van der Waals surface area contributed by atoms with E-state index in [2.05, 4.69) is 0 Å². The Balaban J connectivity index is 2.49. The van der Waals surface area contributed by atoms with Crippen LogP contribution in [0.25, 0.3) is 0 Å². The maximum atomic E-state index is 11.4. The molecule has 0 aliphatic rings. The summed E-state index contributed by atoms with van der Waals surface area (Å²) in [4.78, 5) is 0. The van der Waals surface area contributed by atoms with E-state index >= 15 is 0 Å². The zero-order valence-electron chi connectivity index (χ0n) is 9.65. The normalized spacial score (nSPS) is 11.4. The van der Waals surface area contributed by atoms with Crippen LogP contribution < -0.4 is 10.5 Å². The Morgan fingerprint density at radius 3 is 2.65 bits per heavy atom. The van der Waals surface area contributed by atoms with Crippen LogP contribution in [0.1, 0.15) is 13.3 Å². The van der Waals surface area contributed by atoms with Gasteiger partial charge in [-0.1, -0.05) is 18.5 Å². The van der Waals surface area contributed by atoms with Crippen LogP contribution in [0.2, 0.25) is 5.02 Å². The van der Waals surface area contributed by atoms with E-state index in [4.69, 9.17) is 22.1 Å². The summed E-state index contributed by atoms with van der Waals surface area (Å²) >= 11 is 5.81. The number of benzene rings is 1. The molecule has 17 heavy (non-hydrogen) atoms. The molecule has 0 radical (unpaired) electrons. The summed E-state index contributed by atoms with van der Waals surface area (Å²) < 4.78 is 28.1. The minimum Gasteiger partial charge on any atom is -0.492 e. The van der Waals surface area contributed by atoms with E-state index in [9.17, 15) is 8.42 Å². The van der Waals surface area contributed by atoms with Gasteiger partial charge < -0.3 is 10.5 Å². The number of hydrogen-bond acceptors (Lipinski definition) is 4. The van der Waals surface area contributed by atoms with Gasteiger partial charge in [-0.05, 0) is 18.6 Å². The van der Waals surface area contributed by atoms with Gasteiger partial charge >= 0.3 is 0 Å². The maximum absolute atomic E-state index is 11.4. The lowest BCUT2D eigenvalue weighted by molar-refractivity contribution is 0.341. The van der Waals surface area contributed by atoms with Crippen molar-refractivity contribution in [3.63, 3.8) is 0 Å². The van der Waals surface area contributed by atoms with Gasteiger partial charge in [0.2, 0.25) is 0 Å². The quantitative estimate of drug-likeness (QED) is 0.809. The van der Waals surface area contributed by atoms with Crippen molar-refractivity contribution < 1.29 is 13.2 Å². The Labute approximate surface area is 107 Å². The monoisotopic (exact) mass is 277 g/mol. The molecule has 1 rings (SSSR count). The molecule has 0 amide bonds. The topological polar surface area (TPSA) is 69.4 Å². The number of nitrogen functional groups attached to an aromatic ring is 1. The first-order valence-electron chi connectivity index (χ1n) is 5.33. The van der Waals surface area contributed by atoms with E-state index in [-0.39, 0.29) is 18.1 Å². The maximum Gasteiger partial charge on any atom is 0.153 e. The van der Waals surface area contributed by atoms with E-state index in [0.717, 1.165) is 0 Å². The summed E-state index contributed by atoms with van der Waals surface area (Å²) in [5.41, 5.74) is 6.01. The van der Waals surface area contributed by atoms with Gasteiger partial charge in [0.05, 0.1) is 22.2 Å². The number of anilines is 1. The van der Waals surface area contributed by atoms with Crippen molar-refractivity contribution >= 4 is 27.1 Å². The summed E-state index contributed by atoms with van der Waals surface area (Å²) in [6, 6.07) is 4.86. The van der Waals surface area contributed by atoms with Crippen LogP contribution in [0.4, 0.5) is 5.69 Å². The Hall–Kier alpha value is -0.940. The summed E-state index contributed by atoms with van der Waals surface area (Å²) in [5, 5.41) is 0.402. The van der Waals surface area contributed by atoms with E-state index in [0.29, 0.717) is 22.9 Å². The first-order valence-corrected chi connectivity index (χ1v) is 7.53. The Kier molecular flexibility index (Phi) is 5.08. The van der Waals surface area contributed by atoms with E-state index in [1.807, 2.05) is 6.92 Å². The highest BCUT2D eigenvalue weighted by atomic mass is 35.5. The molecule has 0 aliphatic carbocycles. The molecule has 0 saturated heterocycles. The molecule has 96 valence electrons. The van der Waals surface area contributed by atoms with Crippen LogP contribution in [0.3, 0.4) is 0 Å². The van der Waals surface area contributed by atoms with Crippen LogP contribution in [0, 0.1) is 0 Å². The van der Waals surface area contributed by atoms with Crippen molar-refractivity contribution in [2.45, 2.75) is 13.3 Å². The molecule has 0 heterocycles. The second kappa shape index (κ2) is 6.12. The van der Waals surface area contributed by atoms with Gasteiger partial charge in [-0.2, -0.15) is 0 Å². The number of ether oxygens (including phenoxy) is 1. The van der Waals surface area contributed by atoms with Crippen molar-refractivity contribution in [2.75, 3.05) is 23.8 Å². The molecule has 4 nitrogen and oxygen atoms in total. The summed E-state index contributed by atoms with van der Waals surface area (Å²) in [6.07, 6.45) is 0.621. The fourth-order valence-electron chi connectivity index (χ4n) is 1.30. The molecule has 0 spiro atoms. The molecular weight excluding hydrogens is 262 g/mol. The van der Waals surface area contributed by atoms with Crippen molar-refractivity contribution in [2.24, 2.45) is 0 Å². The third-order valence-corrected chi connectivity index (χ3v) is 4.30. The molecular formula is C11H16ClNO3S. The standard InChI is InChI=1S/C11H16ClNO3S/c1-2-6-17(14,15)7-5-16-9-3-4-11(13)10(12)8-9/h3-4,8H,2,5-7,13H2,1H3. The molecule has 0 saturated carbocycles. The molecule has 0 atom stereocenters. The predicted molar refractivity (Wildman–Crippen MR) is 70.3 cm³/mol. The molecule has 0 bridgehead atoms. The minimum absolute atomic E-state index is 0.0167. The molecule has 1 aromatic rings. The van der Waals surface area contributed by atoms with E-state index < -0.39 is 9.84 Å². The Morgan fingerprint density at radius 2 is 2.06 bits per heavy atom. The lowest BCUT2D eigenvalue weighted by atomic mass is 10.3. The fourth-order valence-corrected chi connectivity index (χ4v) is 2.63. The van der Waals surface area contributed by atoms with Crippen molar-refractivity contribution in [3.05, 3.63) is 23.2 Å². The lowest BCUT2D eigenvalue weighted by Crippen LogP contribution is -2.16. The Bertz CT molecular complexity index is 474. The Morgan fingerprint density at radius 1 is 1.35 bits per heavy atom. The number of rotatable bonds is 6. The van der Waals surface area contributed by atoms with Gasteiger partial charge in [-0.25, -0.2) is 8.42 Å². The average Bonchev–Trinajstić information content (AvgIpc) is 2.23. The number of sulfone groups is 1. The zero-order chi connectivity index (χ0) is 12.9. The third kappa shape index (κ3) is 4.83. The second-order valence-electron chi connectivity index (χ2n) is 3.68. The largest absolute Gasteiger partial charge is 0.492 e. The van der Waals surface area contributed by atoms with E-state index in [1.165, 1.54) is 0 Å². The van der Waals surface area contributed by atoms with Gasteiger partial charge in [0.15, 0.2) is 9.84 Å². The van der Waals surface area contributed by atoms with E-state index in [1.54, 1.807) is 18.2 Å². The van der Waals surface area contributed by atoms with Gasteiger partial charge in [-0.15, -0.1) is 0 Å². The first-order chi connectivity index (χ1) is 7.94. The zero-order valence-corrected chi connectivity index (χ0v) is 11.2. The van der Waals surface area contributed by atoms with Crippen LogP contribution in [-0.4, -0.2) is 26.5 Å². The van der Waals surface area contributed by atoms with Gasteiger partial charge in [0, 0.05) is 6.07 Å². The SMILES string of the molecule is CCCS(=O)(=O)CCOc1ccc(N)c(Cl)c1. The highest BCUT2D eigenvalue weighted by Gasteiger charge is 2.09. The summed E-state index contributed by atoms with van der Waals surface area (Å²) in [5.74, 6) is 0.734. The minimum atomic E-state index is -3.00. The van der Waals surface area contributed by atoms with Crippen LogP contribution in [0.5, 0.6) is 5.75 Å². The van der Waals surface area contributed by atoms with Crippen LogP contribution >= 0.6 is 11.6 Å². The molecule has 2 N–H and O–H groups in total. The van der Waals surface area contributed by atoms with Crippen molar-refractivity contribution in [1.82, 2.24) is 0 Å². The molecule has 0 fully saturated rings. The van der Waals surface area contributed by atoms with Crippen molar-refractivity contribution in [1.29, 1.82) is 0 Å². The fraction of sp³-hybridized carbons (Fsp3) is 0.455. The number of nitrogens with two attached hydrogens (primary N) is 1.